The van der Waals surface area contributed by atoms with Crippen molar-refractivity contribution in [2.24, 2.45) is 23.2 Å². The van der Waals surface area contributed by atoms with Gasteiger partial charge < -0.3 is 108 Å². The number of ether oxygens (including phenoxy) is 10. The molecule has 27 atom stereocenters. The van der Waals surface area contributed by atoms with Crippen LogP contribution in [0, 0.1) is 23.2 Å². The van der Waals surface area contributed by atoms with Crippen LogP contribution < -0.4 is 0 Å². The molecular formula is C64H107O26P. The number of carbonyl (C=O) groups excluding carboxylic acids is 2. The van der Waals surface area contributed by atoms with Crippen molar-refractivity contribution in [1.29, 1.82) is 0 Å². The molecule has 5 rings (SSSR count). The van der Waals surface area contributed by atoms with Crippen molar-refractivity contribution in [2.45, 2.75) is 276 Å². The Hall–Kier alpha value is -2.65. The number of hydrogen-bond acceptors (Lipinski definition) is 25. The van der Waals surface area contributed by atoms with E-state index in [4.69, 9.17) is 56.4 Å². The zero-order valence-corrected chi connectivity index (χ0v) is 56.0. The Morgan fingerprint density at radius 1 is 0.670 bits per heavy atom. The summed E-state index contributed by atoms with van der Waals surface area (Å²) in [5.74, 6) is -4.26. The van der Waals surface area contributed by atoms with E-state index in [2.05, 4.69) is 65.5 Å². The molecule has 26 nitrogen and oxygen atoms in total. The van der Waals surface area contributed by atoms with Crippen molar-refractivity contribution in [3.63, 3.8) is 0 Å². The minimum Gasteiger partial charge on any atom is -0.394 e. The molecular weight excluding hydrogens is 1220 g/mol. The van der Waals surface area contributed by atoms with E-state index in [1.54, 1.807) is 6.92 Å². The van der Waals surface area contributed by atoms with Crippen LogP contribution in [0.25, 0.3) is 0 Å². The Morgan fingerprint density at radius 3 is 1.88 bits per heavy atom. The number of Topliss-reactive ketones (excluding diaryl/α,β-unsaturated/α-hetero) is 1. The summed E-state index contributed by atoms with van der Waals surface area (Å²) in [7, 11) is -4.88. The molecule has 5 heterocycles. The van der Waals surface area contributed by atoms with Crippen molar-refractivity contribution >= 4 is 19.9 Å². The van der Waals surface area contributed by atoms with Crippen LogP contribution in [0.4, 0.5) is 0 Å². The van der Waals surface area contributed by atoms with Gasteiger partial charge in [-0.15, -0.1) is 0 Å². The Morgan fingerprint density at radius 2 is 1.24 bits per heavy atom. The van der Waals surface area contributed by atoms with Gasteiger partial charge in [-0.1, -0.05) is 86.9 Å². The topological polar surface area (TPSA) is 385 Å². The first-order valence-corrected chi connectivity index (χ1v) is 33.1. The van der Waals surface area contributed by atoms with Crippen LogP contribution in [0.1, 0.15) is 135 Å². The Balaban J connectivity index is 1.21. The molecule has 0 aromatic carbocycles. The summed E-state index contributed by atoms with van der Waals surface area (Å²) in [6.07, 6.45) is -15.5. The summed E-state index contributed by atoms with van der Waals surface area (Å²) in [5, 5.41) is 109. The van der Waals surface area contributed by atoms with Crippen LogP contribution in [0.3, 0.4) is 0 Å². The van der Waals surface area contributed by atoms with Crippen molar-refractivity contribution in [2.75, 3.05) is 33.0 Å². The number of aliphatic hydroxyl groups is 10. The minimum atomic E-state index is -4.88. The summed E-state index contributed by atoms with van der Waals surface area (Å²) < 4.78 is 84.6. The van der Waals surface area contributed by atoms with Gasteiger partial charge in [0.15, 0.2) is 30.9 Å². The molecule has 0 radical (unpaired) electrons. The number of hydrogen-bond donors (Lipinski definition) is 11. The van der Waals surface area contributed by atoms with Crippen LogP contribution in [-0.2, 0) is 70.6 Å². The summed E-state index contributed by atoms with van der Waals surface area (Å²) in [6.45, 7) is 24.8. The molecule has 0 saturated carbocycles. The van der Waals surface area contributed by atoms with E-state index in [1.807, 2.05) is 13.0 Å². The van der Waals surface area contributed by atoms with Gasteiger partial charge in [-0.25, -0.2) is 4.57 Å². The van der Waals surface area contributed by atoms with E-state index in [1.165, 1.54) is 51.3 Å². The van der Waals surface area contributed by atoms with Crippen LogP contribution in [0.2, 0.25) is 0 Å². The second-order valence-electron chi connectivity index (χ2n) is 26.5. The van der Waals surface area contributed by atoms with Crippen molar-refractivity contribution in [3.05, 3.63) is 59.3 Å². The summed E-state index contributed by atoms with van der Waals surface area (Å²) in [5.41, 5.74) is 3.12. The Kier molecular flexibility index (Phi) is 30.9. The highest BCUT2D eigenvalue weighted by Crippen LogP contribution is 2.46. The molecule has 0 aromatic heterocycles. The molecule has 0 aromatic rings. The number of allylic oxidation sites excluding steroid dienone is 8. The van der Waals surface area contributed by atoms with E-state index in [-0.39, 0.29) is 18.6 Å². The molecule has 0 aliphatic carbocycles. The SMILES string of the molecule is C=C(C/C=C(\C)CCC=C(C)C)CCC(C)(C)/C=C/CC/C(C)=C\CO[C@@H](C)COP(=O)(O)OCC1OC(C)C(C)(O)C(C=O)C1OC1OC(COC2OC(CO)C(O)C(O)C2O)C(OC2OC(C)C(OC3OC(C(C)=O)C(O)C(O)C3O)C(O)C2C)C(O)C1C. The lowest BCUT2D eigenvalue weighted by Gasteiger charge is -2.51. The first-order valence-electron chi connectivity index (χ1n) is 31.7. The Bertz CT molecular complexity index is 2460. The molecule has 26 unspecified atom stereocenters. The highest BCUT2D eigenvalue weighted by molar-refractivity contribution is 7.47. The quantitative estimate of drug-likeness (QED) is 0.0255. The monoisotopic (exact) mass is 1320 g/mol. The van der Waals surface area contributed by atoms with Gasteiger partial charge in [0.1, 0.15) is 85.6 Å². The molecule has 0 spiro atoms. The number of phosphoric ester groups is 1. The van der Waals surface area contributed by atoms with Gasteiger partial charge in [-0.05, 0) is 113 Å². The molecule has 524 valence electrons. The average Bonchev–Trinajstić information content (AvgIpc) is 0.784. The van der Waals surface area contributed by atoms with Crippen LogP contribution in [-0.4, -0.2) is 242 Å². The fraction of sp³-hybridized carbons (Fsp3) is 0.812. The van der Waals surface area contributed by atoms with Gasteiger partial charge in [0, 0.05) is 11.8 Å². The standard InChI is InChI=1S/C64H107O26P/c1-33(2)18-17-20-34(3)21-22-36(5)23-26-63(12,13)25-16-15-19-35(4)24-27-79-37(6)30-81-91(77,78)82-32-46-57(43(28-65)64(14,76)42(11)84-46)89-60-39(8)48(69)58(45(86-60)31-80-61-53(74)50(71)49(70)44(29-66)85-61)90-59-38(7)47(68)56(41(10)83-59)88-62-54(75)51(72)52(73)55(87-62)40(9)67/h16,18,21,24-25,28,37-39,41-62,66,68-76H,5,15,17,19-20,22-23,26-27,29-32H2,1-4,6-14H3,(H,77,78)/b25-16+,34-21+,35-24-/t37-,38?,39?,41?,42?,43?,44?,45?,46?,47?,48?,49?,50?,51?,52?,53?,54?,55?,56?,57?,58?,59?,60?,61?,62?,64?/m0/s1. The second kappa shape index (κ2) is 35.6. The molecule has 0 bridgehead atoms. The van der Waals surface area contributed by atoms with Crippen molar-refractivity contribution < 1.29 is 127 Å². The minimum absolute atomic E-state index is 0.00613. The number of phosphoric acid groups is 1. The first-order chi connectivity index (χ1) is 42.5. The molecule has 5 fully saturated rings. The number of carbonyl (C=O) groups is 2. The molecule has 5 aliphatic heterocycles. The third-order valence-corrected chi connectivity index (χ3v) is 18.8. The first kappa shape index (κ1) is 79.0. The summed E-state index contributed by atoms with van der Waals surface area (Å²) in [4.78, 5) is 36.2. The van der Waals surface area contributed by atoms with Crippen LogP contribution in [0.5, 0.6) is 0 Å². The molecule has 91 heavy (non-hydrogen) atoms. The maximum absolute atomic E-state index is 13.5. The highest BCUT2D eigenvalue weighted by Gasteiger charge is 2.57. The lowest BCUT2D eigenvalue weighted by molar-refractivity contribution is -0.375. The lowest BCUT2D eigenvalue weighted by atomic mass is 9.77. The molecule has 27 heteroatoms. The zero-order valence-electron chi connectivity index (χ0n) is 55.1. The fourth-order valence-corrected chi connectivity index (χ4v) is 12.1. The molecule has 5 saturated heterocycles. The number of aliphatic hydroxyl groups excluding tert-OH is 9. The van der Waals surface area contributed by atoms with Gasteiger partial charge in [-0.3, -0.25) is 13.8 Å². The predicted molar refractivity (Wildman–Crippen MR) is 328 cm³/mol. The van der Waals surface area contributed by atoms with E-state index in [9.17, 15) is 70.1 Å². The molecule has 0 amide bonds. The fourth-order valence-electron chi connectivity index (χ4n) is 11.3. The third-order valence-electron chi connectivity index (χ3n) is 17.9. The van der Waals surface area contributed by atoms with Crippen LogP contribution >= 0.6 is 7.82 Å². The van der Waals surface area contributed by atoms with Gasteiger partial charge in [0.05, 0.1) is 75.1 Å². The highest BCUT2D eigenvalue weighted by atomic mass is 31.2. The molecule has 5 aliphatic rings. The van der Waals surface area contributed by atoms with Gasteiger partial charge >= 0.3 is 7.82 Å². The summed E-state index contributed by atoms with van der Waals surface area (Å²) in [6, 6.07) is 0. The number of aldehydes is 1. The van der Waals surface area contributed by atoms with Crippen molar-refractivity contribution in [1.82, 2.24) is 0 Å². The second-order valence-corrected chi connectivity index (χ2v) is 28.0. The van der Waals surface area contributed by atoms with Gasteiger partial charge in [0.2, 0.25) is 0 Å². The van der Waals surface area contributed by atoms with E-state index in [0.717, 1.165) is 57.4 Å². The van der Waals surface area contributed by atoms with Crippen LogP contribution in [0.15, 0.2) is 59.3 Å². The van der Waals surface area contributed by atoms with E-state index < -0.39 is 192 Å². The largest absolute Gasteiger partial charge is 0.472 e. The molecule has 11 N–H and O–H groups in total. The van der Waals surface area contributed by atoms with E-state index in [0.29, 0.717) is 6.29 Å². The smallest absolute Gasteiger partial charge is 0.394 e. The predicted octanol–water partition coefficient (Wildman–Crippen LogP) is 3.44. The Labute approximate surface area is 535 Å². The average molecular weight is 1320 g/mol. The third kappa shape index (κ3) is 22.2. The van der Waals surface area contributed by atoms with E-state index >= 15 is 0 Å². The lowest BCUT2D eigenvalue weighted by Crippen LogP contribution is -2.66. The summed E-state index contributed by atoms with van der Waals surface area (Å²) >= 11 is 0. The number of ketones is 1. The zero-order chi connectivity index (χ0) is 68.0. The van der Waals surface area contributed by atoms with Crippen molar-refractivity contribution in [3.8, 4) is 0 Å². The van der Waals surface area contributed by atoms with Gasteiger partial charge in [0.25, 0.3) is 0 Å². The normalized spacial score (nSPS) is 39.7. The maximum Gasteiger partial charge on any atom is 0.472 e. The van der Waals surface area contributed by atoms with Gasteiger partial charge in [-0.2, -0.15) is 0 Å². The number of rotatable bonds is 33. The maximum atomic E-state index is 13.5.